The summed E-state index contributed by atoms with van der Waals surface area (Å²) in [6.07, 6.45) is 0. The normalized spacial score (nSPS) is 14.3. The van der Waals surface area contributed by atoms with E-state index in [9.17, 15) is 5.11 Å². The van der Waals surface area contributed by atoms with Gasteiger partial charge in [-0.15, -0.1) is 0 Å². The van der Waals surface area contributed by atoms with E-state index in [1.54, 1.807) is 25.2 Å². The summed E-state index contributed by atoms with van der Waals surface area (Å²) >= 11 is 1.60. The highest BCUT2D eigenvalue weighted by molar-refractivity contribution is 7.07. The largest absolute Gasteiger partial charge is 0.394 e. The van der Waals surface area contributed by atoms with Gasteiger partial charge >= 0.3 is 0 Å². The zero-order valence-electron chi connectivity index (χ0n) is 8.53. The van der Waals surface area contributed by atoms with Crippen LogP contribution < -0.4 is 5.32 Å². The summed E-state index contributed by atoms with van der Waals surface area (Å²) in [6, 6.07) is 1.90. The fraction of sp³-hybridized carbons (Fsp3) is 0.600. The second kappa shape index (κ2) is 4.89. The third-order valence-corrected chi connectivity index (χ3v) is 2.61. The number of rotatable bonds is 5. The molecule has 0 saturated heterocycles. The minimum absolute atomic E-state index is 0.0484. The number of thiophene rings is 1. The predicted octanol–water partition coefficient (Wildman–Crippen LogP) is 1.14. The smallest absolute Gasteiger partial charge is 0.0715 e. The Kier molecular flexibility index (Phi) is 4.07. The lowest BCUT2D eigenvalue weighted by Crippen LogP contribution is -2.37. The van der Waals surface area contributed by atoms with E-state index in [2.05, 4.69) is 5.32 Å². The minimum Gasteiger partial charge on any atom is -0.394 e. The van der Waals surface area contributed by atoms with Crippen molar-refractivity contribution in [1.82, 2.24) is 5.32 Å². The first kappa shape index (κ1) is 11.7. The van der Waals surface area contributed by atoms with Crippen LogP contribution in [0.15, 0.2) is 16.8 Å². The van der Waals surface area contributed by atoms with Crippen LogP contribution in [0.5, 0.6) is 0 Å². The molecule has 0 amide bonds. The molecule has 0 saturated carbocycles. The summed E-state index contributed by atoms with van der Waals surface area (Å²) in [4.78, 5) is 0. The number of aliphatic hydroxyl groups is 2. The SMILES string of the molecule is CC(C)(O)CNC(CO)c1ccsc1. The van der Waals surface area contributed by atoms with E-state index < -0.39 is 5.60 Å². The summed E-state index contributed by atoms with van der Waals surface area (Å²) < 4.78 is 0. The van der Waals surface area contributed by atoms with Gasteiger partial charge in [0.2, 0.25) is 0 Å². The molecule has 3 nitrogen and oxygen atoms in total. The van der Waals surface area contributed by atoms with Gasteiger partial charge in [-0.2, -0.15) is 11.3 Å². The first-order valence-corrected chi connectivity index (χ1v) is 5.56. The quantitative estimate of drug-likeness (QED) is 0.690. The minimum atomic E-state index is -0.747. The van der Waals surface area contributed by atoms with Gasteiger partial charge in [0, 0.05) is 6.54 Å². The molecule has 1 atom stereocenters. The maximum absolute atomic E-state index is 9.52. The van der Waals surface area contributed by atoms with Gasteiger partial charge in [-0.1, -0.05) is 0 Å². The van der Waals surface area contributed by atoms with Crippen molar-refractivity contribution < 1.29 is 10.2 Å². The summed E-state index contributed by atoms with van der Waals surface area (Å²) in [6.45, 7) is 3.99. The van der Waals surface area contributed by atoms with Crippen LogP contribution in [0, 0.1) is 0 Å². The lowest BCUT2D eigenvalue weighted by molar-refractivity contribution is 0.0729. The fourth-order valence-corrected chi connectivity index (χ4v) is 1.85. The number of nitrogens with one attached hydrogen (secondary N) is 1. The highest BCUT2D eigenvalue weighted by Gasteiger charge is 2.16. The summed E-state index contributed by atoms with van der Waals surface area (Å²) in [5.74, 6) is 0. The predicted molar refractivity (Wildman–Crippen MR) is 58.4 cm³/mol. The lowest BCUT2D eigenvalue weighted by atomic mass is 10.1. The van der Waals surface area contributed by atoms with Gasteiger partial charge in [-0.05, 0) is 36.2 Å². The summed E-state index contributed by atoms with van der Waals surface area (Å²) in [7, 11) is 0. The van der Waals surface area contributed by atoms with Crippen LogP contribution in [0.3, 0.4) is 0 Å². The Balaban J connectivity index is 2.49. The van der Waals surface area contributed by atoms with Crippen LogP contribution in [0.2, 0.25) is 0 Å². The summed E-state index contributed by atoms with van der Waals surface area (Å²) in [5, 5.41) is 25.8. The Bertz CT molecular complexity index is 254. The van der Waals surface area contributed by atoms with Crippen LogP contribution in [0.1, 0.15) is 25.5 Å². The van der Waals surface area contributed by atoms with E-state index in [0.717, 1.165) is 5.56 Å². The van der Waals surface area contributed by atoms with Crippen molar-refractivity contribution in [1.29, 1.82) is 0 Å². The second-order valence-corrected chi connectivity index (χ2v) is 4.77. The molecule has 1 rings (SSSR count). The fourth-order valence-electron chi connectivity index (χ4n) is 1.13. The number of aliphatic hydroxyl groups excluding tert-OH is 1. The van der Waals surface area contributed by atoms with E-state index >= 15 is 0 Å². The van der Waals surface area contributed by atoms with Crippen LogP contribution >= 0.6 is 11.3 Å². The third-order valence-electron chi connectivity index (χ3n) is 1.91. The molecule has 1 heterocycles. The standard InChI is InChI=1S/C10H17NO2S/c1-10(2,13)7-11-9(5-12)8-3-4-14-6-8/h3-4,6,9,11-13H,5,7H2,1-2H3. The molecule has 0 aromatic carbocycles. The molecule has 0 fully saturated rings. The molecule has 0 spiro atoms. The van der Waals surface area contributed by atoms with E-state index in [4.69, 9.17) is 5.11 Å². The summed E-state index contributed by atoms with van der Waals surface area (Å²) in [5.41, 5.74) is 0.324. The molecule has 1 aromatic heterocycles. The highest BCUT2D eigenvalue weighted by Crippen LogP contribution is 2.16. The zero-order chi connectivity index (χ0) is 10.6. The van der Waals surface area contributed by atoms with Crippen molar-refractivity contribution in [3.63, 3.8) is 0 Å². The van der Waals surface area contributed by atoms with E-state index in [1.165, 1.54) is 0 Å². The van der Waals surface area contributed by atoms with Gasteiger partial charge < -0.3 is 15.5 Å². The average molecular weight is 215 g/mol. The van der Waals surface area contributed by atoms with Crippen LogP contribution in [-0.4, -0.2) is 29.0 Å². The van der Waals surface area contributed by atoms with Gasteiger partial charge in [-0.3, -0.25) is 0 Å². The Morgan fingerprint density at radius 2 is 2.29 bits per heavy atom. The van der Waals surface area contributed by atoms with E-state index in [0.29, 0.717) is 6.54 Å². The number of hydrogen-bond acceptors (Lipinski definition) is 4. The second-order valence-electron chi connectivity index (χ2n) is 3.99. The van der Waals surface area contributed by atoms with Crippen LogP contribution in [-0.2, 0) is 0 Å². The van der Waals surface area contributed by atoms with Gasteiger partial charge in [0.25, 0.3) is 0 Å². The Morgan fingerprint density at radius 1 is 1.57 bits per heavy atom. The average Bonchev–Trinajstić information content (AvgIpc) is 2.56. The molecule has 4 heteroatoms. The zero-order valence-corrected chi connectivity index (χ0v) is 9.34. The first-order chi connectivity index (χ1) is 6.53. The monoisotopic (exact) mass is 215 g/mol. The van der Waals surface area contributed by atoms with Gasteiger partial charge in [0.1, 0.15) is 0 Å². The molecule has 80 valence electrons. The molecule has 0 aliphatic carbocycles. The molecule has 14 heavy (non-hydrogen) atoms. The maximum atomic E-state index is 9.52. The van der Waals surface area contributed by atoms with Crippen molar-refractivity contribution in [3.8, 4) is 0 Å². The molecule has 3 N–H and O–H groups in total. The van der Waals surface area contributed by atoms with Gasteiger partial charge in [0.15, 0.2) is 0 Å². The van der Waals surface area contributed by atoms with Crippen molar-refractivity contribution in [3.05, 3.63) is 22.4 Å². The van der Waals surface area contributed by atoms with Gasteiger partial charge in [-0.25, -0.2) is 0 Å². The van der Waals surface area contributed by atoms with E-state index in [1.807, 2.05) is 16.8 Å². The van der Waals surface area contributed by atoms with Crippen molar-refractivity contribution >= 4 is 11.3 Å². The highest BCUT2D eigenvalue weighted by atomic mass is 32.1. The van der Waals surface area contributed by atoms with Crippen molar-refractivity contribution in [2.24, 2.45) is 0 Å². The molecule has 1 aromatic rings. The Morgan fingerprint density at radius 3 is 2.71 bits per heavy atom. The van der Waals surface area contributed by atoms with Crippen molar-refractivity contribution in [2.75, 3.05) is 13.2 Å². The topological polar surface area (TPSA) is 52.5 Å². The number of hydrogen-bond donors (Lipinski definition) is 3. The molecule has 0 radical (unpaired) electrons. The molecule has 1 unspecified atom stereocenters. The molecule has 0 aliphatic heterocycles. The first-order valence-electron chi connectivity index (χ1n) is 4.61. The third kappa shape index (κ3) is 3.75. The van der Waals surface area contributed by atoms with Gasteiger partial charge in [0.05, 0.1) is 18.2 Å². The molecule has 0 bridgehead atoms. The van der Waals surface area contributed by atoms with E-state index in [-0.39, 0.29) is 12.6 Å². The van der Waals surface area contributed by atoms with Crippen LogP contribution in [0.25, 0.3) is 0 Å². The maximum Gasteiger partial charge on any atom is 0.0715 e. The van der Waals surface area contributed by atoms with Crippen LogP contribution in [0.4, 0.5) is 0 Å². The molecular formula is C10H17NO2S. The molecular weight excluding hydrogens is 198 g/mol. The lowest BCUT2D eigenvalue weighted by Gasteiger charge is -2.22. The molecule has 0 aliphatic rings. The van der Waals surface area contributed by atoms with Crippen molar-refractivity contribution in [2.45, 2.75) is 25.5 Å². The Hall–Kier alpha value is -0.420. The Labute approximate surface area is 88.4 Å².